The van der Waals surface area contributed by atoms with Crippen molar-refractivity contribution in [2.24, 2.45) is 11.0 Å². The molecule has 1 rings (SSSR count). The number of nitro groups is 2. The van der Waals surface area contributed by atoms with Gasteiger partial charge in [-0.25, -0.2) is 0 Å². The molecule has 96 valence electrons. The van der Waals surface area contributed by atoms with E-state index in [1.807, 2.05) is 13.8 Å². The van der Waals surface area contributed by atoms with E-state index in [-0.39, 0.29) is 23.0 Å². The van der Waals surface area contributed by atoms with Gasteiger partial charge in [-0.3, -0.25) is 25.7 Å². The van der Waals surface area contributed by atoms with Gasteiger partial charge in [-0.2, -0.15) is 5.10 Å². The molecule has 1 N–H and O–H groups in total. The molecule has 0 fully saturated rings. The normalized spacial score (nSPS) is 10.8. The van der Waals surface area contributed by atoms with Crippen LogP contribution in [0, 0.1) is 26.1 Å². The highest BCUT2D eigenvalue weighted by molar-refractivity contribution is 5.67. The number of benzene rings is 1. The maximum absolute atomic E-state index is 10.8. The molecule has 0 bridgehead atoms. The molecule has 0 unspecified atom stereocenters. The second kappa shape index (κ2) is 5.71. The van der Waals surface area contributed by atoms with Crippen LogP contribution in [0.4, 0.5) is 17.1 Å². The van der Waals surface area contributed by atoms with Crippen LogP contribution in [0.25, 0.3) is 0 Å². The molecule has 0 saturated heterocycles. The lowest BCUT2D eigenvalue weighted by molar-refractivity contribution is -0.393. The van der Waals surface area contributed by atoms with Crippen LogP contribution in [-0.4, -0.2) is 16.1 Å². The van der Waals surface area contributed by atoms with Crippen LogP contribution in [0.15, 0.2) is 23.3 Å². The van der Waals surface area contributed by atoms with Crippen molar-refractivity contribution in [3.05, 3.63) is 38.4 Å². The van der Waals surface area contributed by atoms with Crippen molar-refractivity contribution in [1.29, 1.82) is 0 Å². The Morgan fingerprint density at radius 2 is 1.94 bits per heavy atom. The van der Waals surface area contributed by atoms with Gasteiger partial charge >= 0.3 is 5.69 Å². The van der Waals surface area contributed by atoms with Gasteiger partial charge in [0, 0.05) is 12.3 Å². The van der Waals surface area contributed by atoms with Crippen molar-refractivity contribution in [2.45, 2.75) is 13.8 Å². The van der Waals surface area contributed by atoms with Gasteiger partial charge in [0.2, 0.25) is 0 Å². The van der Waals surface area contributed by atoms with E-state index in [9.17, 15) is 20.2 Å². The third kappa shape index (κ3) is 3.51. The summed E-state index contributed by atoms with van der Waals surface area (Å²) in [5.41, 5.74) is 1.89. The Labute approximate surface area is 103 Å². The van der Waals surface area contributed by atoms with E-state index in [0.717, 1.165) is 6.07 Å². The van der Waals surface area contributed by atoms with Gasteiger partial charge in [0.25, 0.3) is 5.69 Å². The zero-order chi connectivity index (χ0) is 13.7. The molecular formula is C10H12N4O4. The maximum Gasteiger partial charge on any atom is 0.301 e. The first-order valence-corrected chi connectivity index (χ1v) is 5.14. The zero-order valence-corrected chi connectivity index (χ0v) is 9.86. The SMILES string of the molecule is CC(C)/C=N\Nc1ccc([N+](=O)[O-])cc1[N+](=O)[O-]. The zero-order valence-electron chi connectivity index (χ0n) is 9.86. The van der Waals surface area contributed by atoms with E-state index in [4.69, 9.17) is 0 Å². The Balaban J connectivity index is 3.04. The smallest absolute Gasteiger partial charge is 0.272 e. The van der Waals surface area contributed by atoms with Gasteiger partial charge in [-0.1, -0.05) is 13.8 Å². The lowest BCUT2D eigenvalue weighted by Gasteiger charge is -2.02. The van der Waals surface area contributed by atoms with E-state index in [0.29, 0.717) is 0 Å². The van der Waals surface area contributed by atoms with Crippen molar-refractivity contribution in [2.75, 3.05) is 5.43 Å². The fourth-order valence-corrected chi connectivity index (χ4v) is 1.14. The standard InChI is InChI=1S/C10H12N4O4/c1-7(2)6-11-12-9-4-3-8(13(15)16)5-10(9)14(17)18/h3-7,12H,1-2H3/b11-6-. The summed E-state index contributed by atoms with van der Waals surface area (Å²) >= 11 is 0. The van der Waals surface area contributed by atoms with E-state index in [1.165, 1.54) is 12.1 Å². The molecular weight excluding hydrogens is 240 g/mol. The van der Waals surface area contributed by atoms with E-state index >= 15 is 0 Å². The fraction of sp³-hybridized carbons (Fsp3) is 0.300. The van der Waals surface area contributed by atoms with Crippen molar-refractivity contribution >= 4 is 23.3 Å². The average molecular weight is 252 g/mol. The Morgan fingerprint density at radius 1 is 1.28 bits per heavy atom. The van der Waals surface area contributed by atoms with Crippen molar-refractivity contribution < 1.29 is 9.85 Å². The Hall–Kier alpha value is -2.51. The topological polar surface area (TPSA) is 111 Å². The molecule has 1 aromatic rings. The summed E-state index contributed by atoms with van der Waals surface area (Å²) in [6, 6.07) is 3.33. The molecule has 0 aliphatic rings. The van der Waals surface area contributed by atoms with Crippen molar-refractivity contribution in [3.63, 3.8) is 0 Å². The Bertz CT molecular complexity index is 499. The third-order valence-electron chi connectivity index (χ3n) is 1.95. The van der Waals surface area contributed by atoms with Gasteiger partial charge in [-0.05, 0) is 12.0 Å². The minimum atomic E-state index is -0.694. The molecule has 18 heavy (non-hydrogen) atoms. The molecule has 0 aromatic heterocycles. The van der Waals surface area contributed by atoms with Gasteiger partial charge < -0.3 is 0 Å². The number of rotatable bonds is 5. The second-order valence-electron chi connectivity index (χ2n) is 3.85. The molecule has 8 heteroatoms. The number of hydrogen-bond donors (Lipinski definition) is 1. The molecule has 0 aliphatic heterocycles. The highest BCUT2D eigenvalue weighted by Crippen LogP contribution is 2.28. The molecule has 0 aliphatic carbocycles. The van der Waals surface area contributed by atoms with Crippen LogP contribution in [0.2, 0.25) is 0 Å². The lowest BCUT2D eigenvalue weighted by atomic mass is 10.2. The van der Waals surface area contributed by atoms with Gasteiger partial charge in [0.05, 0.1) is 15.9 Å². The minimum absolute atomic E-state index is 0.113. The highest BCUT2D eigenvalue weighted by Gasteiger charge is 2.18. The number of anilines is 1. The van der Waals surface area contributed by atoms with E-state index < -0.39 is 9.85 Å². The highest BCUT2D eigenvalue weighted by atomic mass is 16.6. The first-order valence-electron chi connectivity index (χ1n) is 5.14. The molecule has 0 atom stereocenters. The van der Waals surface area contributed by atoms with Crippen LogP contribution >= 0.6 is 0 Å². The first kappa shape index (κ1) is 13.6. The monoisotopic (exact) mass is 252 g/mol. The van der Waals surface area contributed by atoms with Crippen LogP contribution in [0.3, 0.4) is 0 Å². The van der Waals surface area contributed by atoms with Crippen molar-refractivity contribution in [3.8, 4) is 0 Å². The minimum Gasteiger partial charge on any atom is -0.272 e. The van der Waals surface area contributed by atoms with Crippen LogP contribution in [0.1, 0.15) is 13.8 Å². The summed E-state index contributed by atoms with van der Waals surface area (Å²) in [4.78, 5) is 19.9. The molecule has 0 radical (unpaired) electrons. The average Bonchev–Trinajstić information content (AvgIpc) is 2.28. The Kier molecular flexibility index (Phi) is 4.30. The summed E-state index contributed by atoms with van der Waals surface area (Å²) in [6.07, 6.45) is 1.57. The molecule has 0 spiro atoms. The molecule has 0 heterocycles. The summed E-state index contributed by atoms with van der Waals surface area (Å²) in [7, 11) is 0. The maximum atomic E-state index is 10.8. The predicted octanol–water partition coefficient (Wildman–Crippen LogP) is 2.56. The number of hydrogen-bond acceptors (Lipinski definition) is 6. The Morgan fingerprint density at radius 3 is 2.44 bits per heavy atom. The molecule has 8 nitrogen and oxygen atoms in total. The largest absolute Gasteiger partial charge is 0.301 e. The number of hydrazone groups is 1. The summed E-state index contributed by atoms with van der Waals surface area (Å²) in [5, 5.41) is 25.1. The number of nitro benzene ring substituents is 2. The lowest BCUT2D eigenvalue weighted by Crippen LogP contribution is -1.99. The first-order chi connectivity index (χ1) is 8.41. The van der Waals surface area contributed by atoms with Gasteiger partial charge in [-0.15, -0.1) is 0 Å². The van der Waals surface area contributed by atoms with Crippen molar-refractivity contribution in [1.82, 2.24) is 0 Å². The fourth-order valence-electron chi connectivity index (χ4n) is 1.14. The quantitative estimate of drug-likeness (QED) is 0.491. The van der Waals surface area contributed by atoms with Gasteiger partial charge in [0.1, 0.15) is 5.69 Å². The predicted molar refractivity (Wildman–Crippen MR) is 66.7 cm³/mol. The summed E-state index contributed by atoms with van der Waals surface area (Å²) < 4.78 is 0. The summed E-state index contributed by atoms with van der Waals surface area (Å²) in [5.74, 6) is 0.189. The molecule has 1 aromatic carbocycles. The summed E-state index contributed by atoms with van der Waals surface area (Å²) in [6.45, 7) is 3.80. The van der Waals surface area contributed by atoms with Crippen LogP contribution < -0.4 is 5.43 Å². The van der Waals surface area contributed by atoms with Gasteiger partial charge in [0.15, 0.2) is 0 Å². The van der Waals surface area contributed by atoms with Crippen LogP contribution in [-0.2, 0) is 0 Å². The molecule has 0 amide bonds. The second-order valence-corrected chi connectivity index (χ2v) is 3.85. The van der Waals surface area contributed by atoms with E-state index in [2.05, 4.69) is 10.5 Å². The number of nitrogens with zero attached hydrogens (tertiary/aromatic N) is 3. The van der Waals surface area contributed by atoms with E-state index in [1.54, 1.807) is 6.21 Å². The number of non-ortho nitro benzene ring substituents is 1. The third-order valence-corrected chi connectivity index (χ3v) is 1.95. The molecule has 0 saturated carbocycles. The van der Waals surface area contributed by atoms with Crippen LogP contribution in [0.5, 0.6) is 0 Å². The number of nitrogens with one attached hydrogen (secondary N) is 1.